The fourth-order valence-electron chi connectivity index (χ4n) is 3.70. The van der Waals surface area contributed by atoms with E-state index in [2.05, 4.69) is 19.2 Å². The van der Waals surface area contributed by atoms with Gasteiger partial charge in [0.25, 0.3) is 11.8 Å². The zero-order valence-corrected chi connectivity index (χ0v) is 18.8. The van der Waals surface area contributed by atoms with Crippen LogP contribution in [0, 0.1) is 0 Å². The molecule has 31 heavy (non-hydrogen) atoms. The van der Waals surface area contributed by atoms with Gasteiger partial charge in [-0.05, 0) is 67.6 Å². The van der Waals surface area contributed by atoms with E-state index in [1.807, 2.05) is 29.2 Å². The molecule has 0 aromatic heterocycles. The van der Waals surface area contributed by atoms with Crippen molar-refractivity contribution in [1.29, 1.82) is 0 Å². The lowest BCUT2D eigenvalue weighted by molar-refractivity contribution is -0.139. The second-order valence-corrected chi connectivity index (χ2v) is 8.29. The van der Waals surface area contributed by atoms with Gasteiger partial charge in [-0.2, -0.15) is 0 Å². The zero-order valence-electron chi connectivity index (χ0n) is 18.8. The summed E-state index contributed by atoms with van der Waals surface area (Å²) in [6, 6.07) is 15.0. The highest BCUT2D eigenvalue weighted by molar-refractivity contribution is 5.94. The summed E-state index contributed by atoms with van der Waals surface area (Å²) in [5.74, 6) is 1.75. The van der Waals surface area contributed by atoms with Crippen LogP contribution in [0.1, 0.15) is 55.5 Å². The molecule has 1 aliphatic rings. The van der Waals surface area contributed by atoms with Gasteiger partial charge in [0.05, 0.1) is 7.11 Å². The van der Waals surface area contributed by atoms with Crippen molar-refractivity contribution in [3.8, 4) is 11.5 Å². The lowest BCUT2D eigenvalue weighted by Gasteiger charge is -2.33. The summed E-state index contributed by atoms with van der Waals surface area (Å²) in [5, 5.41) is 3.07. The highest BCUT2D eigenvalue weighted by atomic mass is 16.5. The highest BCUT2D eigenvalue weighted by Gasteiger charge is 2.28. The summed E-state index contributed by atoms with van der Waals surface area (Å²) in [4.78, 5) is 27.1. The van der Waals surface area contributed by atoms with Gasteiger partial charge in [0.15, 0.2) is 6.10 Å². The van der Waals surface area contributed by atoms with Crippen LogP contribution in [0.3, 0.4) is 0 Å². The van der Waals surface area contributed by atoms with E-state index in [0.717, 1.165) is 18.6 Å². The summed E-state index contributed by atoms with van der Waals surface area (Å²) >= 11 is 0. The lowest BCUT2D eigenvalue weighted by Crippen LogP contribution is -2.49. The molecule has 166 valence electrons. The van der Waals surface area contributed by atoms with E-state index in [9.17, 15) is 9.59 Å². The molecule has 6 nitrogen and oxygen atoms in total. The fraction of sp³-hybridized carbons (Fsp3) is 0.440. The molecule has 0 aliphatic carbocycles. The number of amides is 2. The molecule has 1 unspecified atom stereocenters. The number of nitrogens with zero attached hydrogens (tertiary/aromatic N) is 1. The number of carbonyl (C=O) groups is 2. The second-order valence-electron chi connectivity index (χ2n) is 8.29. The predicted molar refractivity (Wildman–Crippen MR) is 121 cm³/mol. The SMILES string of the molecule is COc1ccc(C(=O)NC2CCN(C(=O)C(C)Oc3ccc(C(C)C)cc3)CC2)cc1. The maximum Gasteiger partial charge on any atom is 0.263 e. The molecule has 2 aromatic carbocycles. The Bertz CT molecular complexity index is 869. The summed E-state index contributed by atoms with van der Waals surface area (Å²) in [6.07, 6.45) is 0.905. The maximum absolute atomic E-state index is 12.8. The molecule has 1 aliphatic heterocycles. The summed E-state index contributed by atoms with van der Waals surface area (Å²) < 4.78 is 11.0. The Labute approximate surface area is 184 Å². The van der Waals surface area contributed by atoms with Crippen molar-refractivity contribution in [1.82, 2.24) is 10.2 Å². The van der Waals surface area contributed by atoms with E-state index in [-0.39, 0.29) is 17.9 Å². The summed E-state index contributed by atoms with van der Waals surface area (Å²) in [7, 11) is 1.60. The van der Waals surface area contributed by atoms with Gasteiger partial charge in [-0.1, -0.05) is 26.0 Å². The van der Waals surface area contributed by atoms with E-state index >= 15 is 0 Å². The zero-order chi connectivity index (χ0) is 22.4. The number of likely N-dealkylation sites (tertiary alicyclic amines) is 1. The molecule has 6 heteroatoms. The van der Waals surface area contributed by atoms with Crippen molar-refractivity contribution in [3.05, 3.63) is 59.7 Å². The quantitative estimate of drug-likeness (QED) is 0.729. The predicted octanol–water partition coefficient (Wildman–Crippen LogP) is 4.01. The number of ether oxygens (including phenoxy) is 2. The van der Waals surface area contributed by atoms with Crippen LogP contribution in [0.2, 0.25) is 0 Å². The van der Waals surface area contributed by atoms with Crippen LogP contribution in [-0.2, 0) is 4.79 Å². The Morgan fingerprint density at radius 3 is 2.06 bits per heavy atom. The van der Waals surface area contributed by atoms with Crippen LogP contribution in [0.4, 0.5) is 0 Å². The second kappa shape index (κ2) is 10.3. The fourth-order valence-corrected chi connectivity index (χ4v) is 3.70. The minimum absolute atomic E-state index is 0.0205. The van der Waals surface area contributed by atoms with Gasteiger partial charge in [-0.25, -0.2) is 0 Å². The van der Waals surface area contributed by atoms with Gasteiger partial charge in [0.1, 0.15) is 11.5 Å². The van der Waals surface area contributed by atoms with Gasteiger partial charge in [-0.3, -0.25) is 9.59 Å². The number of piperidine rings is 1. The Kier molecular flexibility index (Phi) is 7.55. The normalized spacial score (nSPS) is 15.5. The summed E-state index contributed by atoms with van der Waals surface area (Å²) in [5.41, 5.74) is 1.84. The van der Waals surface area contributed by atoms with E-state index < -0.39 is 6.10 Å². The van der Waals surface area contributed by atoms with Crippen molar-refractivity contribution in [2.24, 2.45) is 0 Å². The Balaban J connectivity index is 1.46. The number of nitrogens with one attached hydrogen (secondary N) is 1. The van der Waals surface area contributed by atoms with Crippen molar-refractivity contribution < 1.29 is 19.1 Å². The first-order chi connectivity index (χ1) is 14.9. The molecule has 3 rings (SSSR count). The molecule has 1 saturated heterocycles. The molecule has 1 N–H and O–H groups in total. The summed E-state index contributed by atoms with van der Waals surface area (Å²) in [6.45, 7) is 7.28. The first-order valence-electron chi connectivity index (χ1n) is 10.9. The van der Waals surface area contributed by atoms with Gasteiger partial charge in [0.2, 0.25) is 0 Å². The largest absolute Gasteiger partial charge is 0.497 e. The van der Waals surface area contributed by atoms with E-state index in [4.69, 9.17) is 9.47 Å². The molecule has 1 fully saturated rings. The van der Waals surface area contributed by atoms with Crippen molar-refractivity contribution in [2.45, 2.75) is 51.7 Å². The number of hydrogen-bond donors (Lipinski definition) is 1. The third-order valence-electron chi connectivity index (χ3n) is 5.70. The molecule has 0 saturated carbocycles. The van der Waals surface area contributed by atoms with Gasteiger partial charge in [-0.15, -0.1) is 0 Å². The van der Waals surface area contributed by atoms with Crippen LogP contribution >= 0.6 is 0 Å². The molecule has 0 radical (unpaired) electrons. The van der Waals surface area contributed by atoms with E-state index in [1.165, 1.54) is 5.56 Å². The number of hydrogen-bond acceptors (Lipinski definition) is 4. The van der Waals surface area contributed by atoms with Crippen LogP contribution in [0.25, 0.3) is 0 Å². The number of rotatable bonds is 7. The Morgan fingerprint density at radius 1 is 0.935 bits per heavy atom. The average molecular weight is 425 g/mol. The van der Waals surface area contributed by atoms with Gasteiger partial charge < -0.3 is 19.7 Å². The molecule has 1 atom stereocenters. The molecular weight excluding hydrogens is 392 g/mol. The van der Waals surface area contributed by atoms with Crippen LogP contribution in [0.5, 0.6) is 11.5 Å². The topological polar surface area (TPSA) is 67.9 Å². The molecular formula is C25H32N2O4. The molecule has 2 aromatic rings. The van der Waals surface area contributed by atoms with Crippen LogP contribution in [0.15, 0.2) is 48.5 Å². The molecule has 1 heterocycles. The average Bonchev–Trinajstić information content (AvgIpc) is 2.79. The smallest absolute Gasteiger partial charge is 0.263 e. The van der Waals surface area contributed by atoms with E-state index in [1.54, 1.807) is 38.3 Å². The maximum atomic E-state index is 12.8. The van der Waals surface area contributed by atoms with Crippen LogP contribution < -0.4 is 14.8 Å². The minimum atomic E-state index is -0.546. The molecule has 0 bridgehead atoms. The molecule has 0 spiro atoms. The lowest BCUT2D eigenvalue weighted by atomic mass is 10.0. The number of carbonyl (C=O) groups excluding carboxylic acids is 2. The molecule has 2 amide bonds. The monoisotopic (exact) mass is 424 g/mol. The Hall–Kier alpha value is -3.02. The van der Waals surface area contributed by atoms with E-state index in [0.29, 0.717) is 30.3 Å². The first kappa shape index (κ1) is 22.7. The van der Waals surface area contributed by atoms with Crippen molar-refractivity contribution >= 4 is 11.8 Å². The van der Waals surface area contributed by atoms with Crippen molar-refractivity contribution in [2.75, 3.05) is 20.2 Å². The van der Waals surface area contributed by atoms with Gasteiger partial charge in [0, 0.05) is 24.7 Å². The Morgan fingerprint density at radius 2 is 1.52 bits per heavy atom. The third kappa shape index (κ3) is 6.00. The van der Waals surface area contributed by atoms with Gasteiger partial charge >= 0.3 is 0 Å². The van der Waals surface area contributed by atoms with Crippen LogP contribution in [-0.4, -0.2) is 49.1 Å². The number of benzene rings is 2. The standard InChI is InChI=1S/C25H32N2O4/c1-17(2)19-5-11-23(12-6-19)31-18(3)25(29)27-15-13-21(14-16-27)26-24(28)20-7-9-22(30-4)10-8-20/h5-12,17-18,21H,13-16H2,1-4H3,(H,26,28). The number of methoxy groups -OCH3 is 1. The highest BCUT2D eigenvalue weighted by Crippen LogP contribution is 2.21. The third-order valence-corrected chi connectivity index (χ3v) is 5.70. The van der Waals surface area contributed by atoms with Crippen molar-refractivity contribution in [3.63, 3.8) is 0 Å². The minimum Gasteiger partial charge on any atom is -0.497 e. The first-order valence-corrected chi connectivity index (χ1v) is 10.9.